The van der Waals surface area contributed by atoms with Crippen LogP contribution in [0.25, 0.3) is 0 Å². The highest BCUT2D eigenvalue weighted by molar-refractivity contribution is 5.78. The van der Waals surface area contributed by atoms with Gasteiger partial charge in [0.15, 0.2) is 0 Å². The highest BCUT2D eigenvalue weighted by Crippen LogP contribution is 2.19. The monoisotopic (exact) mass is 184 g/mol. The smallest absolute Gasteiger partial charge is 0.132 e. The second-order valence-electron chi connectivity index (χ2n) is 3.78. The second kappa shape index (κ2) is 8.28. The van der Waals surface area contributed by atoms with E-state index >= 15 is 0 Å². The van der Waals surface area contributed by atoms with E-state index in [-0.39, 0.29) is 0 Å². The minimum absolute atomic E-state index is 0.461. The average Bonchev–Trinajstić information content (AvgIpc) is 3.00. The van der Waals surface area contributed by atoms with Crippen molar-refractivity contribution in [2.24, 2.45) is 5.92 Å². The highest BCUT2D eigenvalue weighted by atomic mass is 16.1. The number of hydrogen-bond donors (Lipinski definition) is 0. The van der Waals surface area contributed by atoms with Crippen molar-refractivity contribution >= 4 is 5.78 Å². The fourth-order valence-corrected chi connectivity index (χ4v) is 1.08. The van der Waals surface area contributed by atoms with Crippen molar-refractivity contribution in [1.82, 2.24) is 0 Å². The van der Waals surface area contributed by atoms with Crippen LogP contribution in [0.1, 0.15) is 65.7 Å². The largest absolute Gasteiger partial charge is 0.300 e. The standard InChI is InChI=1S/C7H12O.C3H6.C2H6/c1-6-2-4-7(8)5-3-6;1-2-3-1;1-2/h6H,2-5H2,1H3;1-3H2;1-2H3. The van der Waals surface area contributed by atoms with Crippen LogP contribution >= 0.6 is 0 Å². The molecule has 1 heteroatoms. The summed E-state index contributed by atoms with van der Waals surface area (Å²) in [6, 6.07) is 0. The third-order valence-corrected chi connectivity index (χ3v) is 2.19. The molecule has 2 aliphatic rings. The van der Waals surface area contributed by atoms with E-state index < -0.39 is 0 Å². The first-order chi connectivity index (χ1) is 6.29. The molecule has 0 aromatic carbocycles. The minimum Gasteiger partial charge on any atom is -0.300 e. The molecule has 0 radical (unpaired) electrons. The number of hydrogen-bond acceptors (Lipinski definition) is 1. The molecule has 2 aliphatic carbocycles. The molecule has 0 spiro atoms. The molecule has 0 N–H and O–H groups in total. The molecule has 0 bridgehead atoms. The zero-order valence-electron chi connectivity index (χ0n) is 9.44. The van der Waals surface area contributed by atoms with Crippen LogP contribution in [0, 0.1) is 5.92 Å². The Labute approximate surface area is 82.9 Å². The van der Waals surface area contributed by atoms with Crippen LogP contribution in [0.15, 0.2) is 0 Å². The van der Waals surface area contributed by atoms with Gasteiger partial charge in [-0.05, 0) is 18.8 Å². The maximum atomic E-state index is 10.6. The first-order valence-electron chi connectivity index (χ1n) is 5.81. The van der Waals surface area contributed by atoms with Crippen LogP contribution in [0.2, 0.25) is 0 Å². The van der Waals surface area contributed by atoms with Crippen LogP contribution < -0.4 is 0 Å². The quantitative estimate of drug-likeness (QED) is 0.557. The number of carbonyl (C=O) groups excluding carboxylic acids is 1. The number of ketones is 1. The van der Waals surface area contributed by atoms with Gasteiger partial charge in [0.1, 0.15) is 5.78 Å². The van der Waals surface area contributed by atoms with E-state index in [1.807, 2.05) is 13.8 Å². The Morgan fingerprint density at radius 2 is 1.38 bits per heavy atom. The van der Waals surface area contributed by atoms with Crippen LogP contribution in [-0.4, -0.2) is 5.78 Å². The van der Waals surface area contributed by atoms with Gasteiger partial charge < -0.3 is 0 Å². The third kappa shape index (κ3) is 9.59. The van der Waals surface area contributed by atoms with Gasteiger partial charge in [0.05, 0.1) is 0 Å². The minimum atomic E-state index is 0.461. The second-order valence-corrected chi connectivity index (χ2v) is 3.78. The Hall–Kier alpha value is -0.330. The zero-order chi connectivity index (χ0) is 10.1. The van der Waals surface area contributed by atoms with Crippen molar-refractivity contribution in [2.45, 2.75) is 65.7 Å². The maximum Gasteiger partial charge on any atom is 0.132 e. The van der Waals surface area contributed by atoms with E-state index in [9.17, 15) is 4.79 Å². The van der Waals surface area contributed by atoms with Gasteiger partial charge in [-0.2, -0.15) is 0 Å². The average molecular weight is 184 g/mol. The lowest BCUT2D eigenvalue weighted by Gasteiger charge is -2.14. The Bertz CT molecular complexity index is 114. The predicted molar refractivity (Wildman–Crippen MR) is 57.8 cm³/mol. The molecule has 13 heavy (non-hydrogen) atoms. The maximum absolute atomic E-state index is 10.6. The first-order valence-corrected chi connectivity index (χ1v) is 5.81. The van der Waals surface area contributed by atoms with Gasteiger partial charge in [-0.3, -0.25) is 4.79 Å². The van der Waals surface area contributed by atoms with E-state index in [1.165, 1.54) is 19.3 Å². The van der Waals surface area contributed by atoms with Crippen molar-refractivity contribution in [3.63, 3.8) is 0 Å². The predicted octanol–water partition coefficient (Wildman–Crippen LogP) is 3.96. The summed E-state index contributed by atoms with van der Waals surface area (Å²) < 4.78 is 0. The molecule has 0 aromatic heterocycles. The summed E-state index contributed by atoms with van der Waals surface area (Å²) in [5.74, 6) is 1.26. The fraction of sp³-hybridized carbons (Fsp3) is 0.917. The summed E-state index contributed by atoms with van der Waals surface area (Å²) in [4.78, 5) is 10.6. The molecule has 0 atom stereocenters. The summed E-state index contributed by atoms with van der Waals surface area (Å²) >= 11 is 0. The van der Waals surface area contributed by atoms with Crippen molar-refractivity contribution < 1.29 is 4.79 Å². The summed E-state index contributed by atoms with van der Waals surface area (Å²) in [6.07, 6.45) is 8.42. The van der Waals surface area contributed by atoms with E-state index in [1.54, 1.807) is 0 Å². The molecule has 0 amide bonds. The van der Waals surface area contributed by atoms with E-state index in [4.69, 9.17) is 0 Å². The lowest BCUT2D eigenvalue weighted by Crippen LogP contribution is -2.10. The lowest BCUT2D eigenvalue weighted by molar-refractivity contribution is -0.120. The highest BCUT2D eigenvalue weighted by Gasteiger charge is 2.13. The fourth-order valence-electron chi connectivity index (χ4n) is 1.08. The van der Waals surface area contributed by atoms with Gasteiger partial charge in [0, 0.05) is 12.8 Å². The molecule has 78 valence electrons. The van der Waals surface area contributed by atoms with E-state index in [0.29, 0.717) is 5.78 Å². The van der Waals surface area contributed by atoms with Gasteiger partial charge in [0.25, 0.3) is 0 Å². The van der Waals surface area contributed by atoms with Gasteiger partial charge in [0.2, 0.25) is 0 Å². The Kier molecular flexibility index (Phi) is 8.07. The SMILES string of the molecule is C1CC1.CC.CC1CCC(=O)CC1. The Morgan fingerprint density at radius 1 is 1.00 bits per heavy atom. The number of Topliss-reactive ketones (excluding diaryl/α,β-unsaturated/α-hetero) is 1. The Balaban J connectivity index is 0.000000239. The van der Waals surface area contributed by atoms with Gasteiger partial charge in [-0.25, -0.2) is 0 Å². The summed E-state index contributed by atoms with van der Waals surface area (Å²) in [5.41, 5.74) is 0. The van der Waals surface area contributed by atoms with Crippen molar-refractivity contribution in [3.05, 3.63) is 0 Å². The summed E-state index contributed by atoms with van der Waals surface area (Å²) in [5, 5.41) is 0. The lowest BCUT2D eigenvalue weighted by atomic mass is 9.90. The van der Waals surface area contributed by atoms with Crippen LogP contribution in [0.3, 0.4) is 0 Å². The molecule has 2 rings (SSSR count). The van der Waals surface area contributed by atoms with Crippen molar-refractivity contribution in [2.75, 3.05) is 0 Å². The van der Waals surface area contributed by atoms with E-state index in [0.717, 1.165) is 31.6 Å². The molecular formula is C12H24O. The van der Waals surface area contributed by atoms with Crippen LogP contribution in [-0.2, 0) is 4.79 Å². The molecule has 2 saturated carbocycles. The summed E-state index contributed by atoms with van der Waals surface area (Å²) in [7, 11) is 0. The first kappa shape index (κ1) is 12.7. The molecule has 0 heterocycles. The van der Waals surface area contributed by atoms with Gasteiger partial charge in [-0.1, -0.05) is 40.0 Å². The molecule has 0 aliphatic heterocycles. The van der Waals surface area contributed by atoms with Crippen molar-refractivity contribution in [3.8, 4) is 0 Å². The molecule has 2 fully saturated rings. The number of rotatable bonds is 0. The van der Waals surface area contributed by atoms with Crippen molar-refractivity contribution in [1.29, 1.82) is 0 Å². The van der Waals surface area contributed by atoms with Crippen LogP contribution in [0.4, 0.5) is 0 Å². The zero-order valence-corrected chi connectivity index (χ0v) is 9.44. The molecule has 0 saturated heterocycles. The molecule has 1 nitrogen and oxygen atoms in total. The summed E-state index contributed by atoms with van der Waals surface area (Å²) in [6.45, 7) is 6.21. The number of carbonyl (C=O) groups is 1. The normalized spacial score (nSPS) is 20.7. The Morgan fingerprint density at radius 3 is 1.62 bits per heavy atom. The topological polar surface area (TPSA) is 17.1 Å². The van der Waals surface area contributed by atoms with Gasteiger partial charge >= 0.3 is 0 Å². The van der Waals surface area contributed by atoms with Crippen LogP contribution in [0.5, 0.6) is 0 Å². The molecular weight excluding hydrogens is 160 g/mol. The molecule has 0 aromatic rings. The van der Waals surface area contributed by atoms with E-state index in [2.05, 4.69) is 6.92 Å². The molecule has 0 unspecified atom stereocenters. The van der Waals surface area contributed by atoms with Gasteiger partial charge in [-0.15, -0.1) is 0 Å². The third-order valence-electron chi connectivity index (χ3n) is 2.19.